The third-order valence-corrected chi connectivity index (χ3v) is 4.44. The summed E-state index contributed by atoms with van der Waals surface area (Å²) in [7, 11) is 1.63. The Bertz CT molecular complexity index is 776. The zero-order chi connectivity index (χ0) is 19.1. The van der Waals surface area contributed by atoms with Crippen LogP contribution in [0.3, 0.4) is 0 Å². The second-order valence-electron chi connectivity index (χ2n) is 6.47. The number of carbonyl (C=O) groups is 1. The molecule has 0 unspecified atom stereocenters. The highest BCUT2D eigenvalue weighted by molar-refractivity contribution is 5.93. The lowest BCUT2D eigenvalue weighted by molar-refractivity contribution is 0.0383. The number of hydrogen-bond acceptors (Lipinski definition) is 6. The second kappa shape index (κ2) is 9.34. The zero-order valence-corrected chi connectivity index (χ0v) is 15.8. The van der Waals surface area contributed by atoms with Crippen LogP contribution in [-0.4, -0.2) is 62.3 Å². The van der Waals surface area contributed by atoms with Crippen molar-refractivity contribution in [3.05, 3.63) is 47.8 Å². The number of hydrogen-bond donors (Lipinski definition) is 2. The highest BCUT2D eigenvalue weighted by Crippen LogP contribution is 2.28. The van der Waals surface area contributed by atoms with Gasteiger partial charge in [-0.05, 0) is 36.8 Å². The van der Waals surface area contributed by atoms with E-state index in [9.17, 15) is 4.79 Å². The zero-order valence-electron chi connectivity index (χ0n) is 15.8. The molecular weight excluding hydrogens is 344 g/mol. The van der Waals surface area contributed by atoms with Gasteiger partial charge in [0.1, 0.15) is 11.4 Å². The van der Waals surface area contributed by atoms with Crippen molar-refractivity contribution < 1.29 is 14.3 Å². The van der Waals surface area contributed by atoms with Crippen molar-refractivity contribution in [3.8, 4) is 5.75 Å². The molecule has 0 bridgehead atoms. The number of nitrogens with one attached hydrogen (secondary N) is 2. The first-order valence-corrected chi connectivity index (χ1v) is 9.12. The molecule has 0 atom stereocenters. The Balaban J connectivity index is 1.59. The number of anilines is 2. The van der Waals surface area contributed by atoms with E-state index in [0.29, 0.717) is 12.2 Å². The second-order valence-corrected chi connectivity index (χ2v) is 6.47. The van der Waals surface area contributed by atoms with Crippen molar-refractivity contribution in [1.29, 1.82) is 0 Å². The molecule has 144 valence electrons. The van der Waals surface area contributed by atoms with E-state index in [2.05, 4.69) is 20.5 Å². The van der Waals surface area contributed by atoms with Crippen LogP contribution in [0.25, 0.3) is 0 Å². The topological polar surface area (TPSA) is 75.7 Å². The van der Waals surface area contributed by atoms with Crippen LogP contribution in [0, 0.1) is 6.92 Å². The van der Waals surface area contributed by atoms with E-state index in [4.69, 9.17) is 9.47 Å². The van der Waals surface area contributed by atoms with Crippen LogP contribution >= 0.6 is 0 Å². The number of rotatable bonds is 7. The molecule has 2 N–H and O–H groups in total. The van der Waals surface area contributed by atoms with E-state index < -0.39 is 0 Å². The van der Waals surface area contributed by atoms with Crippen molar-refractivity contribution >= 4 is 17.3 Å². The van der Waals surface area contributed by atoms with Crippen molar-refractivity contribution in [2.75, 3.05) is 51.8 Å². The van der Waals surface area contributed by atoms with Gasteiger partial charge in [-0.2, -0.15) is 0 Å². The summed E-state index contributed by atoms with van der Waals surface area (Å²) >= 11 is 0. The quantitative estimate of drug-likeness (QED) is 0.778. The molecule has 7 nitrogen and oxygen atoms in total. The third-order valence-electron chi connectivity index (χ3n) is 4.44. The largest absolute Gasteiger partial charge is 0.495 e. The summed E-state index contributed by atoms with van der Waals surface area (Å²) in [5.41, 5.74) is 3.14. The molecule has 7 heteroatoms. The number of benzene rings is 1. The average Bonchev–Trinajstić information content (AvgIpc) is 2.69. The highest BCUT2D eigenvalue weighted by atomic mass is 16.5. The fourth-order valence-corrected chi connectivity index (χ4v) is 2.95. The molecule has 1 saturated heterocycles. The molecule has 3 rings (SSSR count). The van der Waals surface area contributed by atoms with Gasteiger partial charge in [0, 0.05) is 38.1 Å². The lowest BCUT2D eigenvalue weighted by Gasteiger charge is -2.26. The van der Waals surface area contributed by atoms with Crippen LogP contribution in [0.5, 0.6) is 5.75 Å². The summed E-state index contributed by atoms with van der Waals surface area (Å²) in [6.07, 6.45) is 1.63. The Kier molecular flexibility index (Phi) is 6.62. The number of pyridine rings is 1. The van der Waals surface area contributed by atoms with Crippen molar-refractivity contribution in [3.63, 3.8) is 0 Å². The summed E-state index contributed by atoms with van der Waals surface area (Å²) in [6, 6.07) is 9.47. The number of amides is 1. The first-order chi connectivity index (χ1) is 13.2. The number of methoxy groups -OCH3 is 1. The van der Waals surface area contributed by atoms with E-state index >= 15 is 0 Å². The van der Waals surface area contributed by atoms with Crippen molar-refractivity contribution in [2.45, 2.75) is 6.92 Å². The maximum Gasteiger partial charge on any atom is 0.269 e. The number of aryl methyl sites for hydroxylation is 1. The highest BCUT2D eigenvalue weighted by Gasteiger charge is 2.12. The van der Waals surface area contributed by atoms with Gasteiger partial charge in [-0.1, -0.05) is 6.07 Å². The Morgan fingerprint density at radius 2 is 2.07 bits per heavy atom. The minimum atomic E-state index is -0.178. The predicted molar refractivity (Wildman–Crippen MR) is 105 cm³/mol. The molecule has 0 spiro atoms. The van der Waals surface area contributed by atoms with Crippen LogP contribution in [0.4, 0.5) is 11.4 Å². The van der Waals surface area contributed by atoms with E-state index in [1.807, 2.05) is 31.2 Å². The van der Waals surface area contributed by atoms with Gasteiger partial charge in [0.2, 0.25) is 0 Å². The Hall–Kier alpha value is -2.64. The minimum Gasteiger partial charge on any atom is -0.495 e. The first-order valence-electron chi connectivity index (χ1n) is 9.12. The fraction of sp³-hybridized carbons (Fsp3) is 0.400. The average molecular weight is 370 g/mol. The molecule has 1 aromatic carbocycles. The molecule has 1 aliphatic rings. The monoisotopic (exact) mass is 370 g/mol. The van der Waals surface area contributed by atoms with Gasteiger partial charge in [0.15, 0.2) is 0 Å². The number of ether oxygens (including phenoxy) is 2. The van der Waals surface area contributed by atoms with Crippen LogP contribution in [0.1, 0.15) is 16.1 Å². The van der Waals surface area contributed by atoms with Crippen molar-refractivity contribution in [1.82, 2.24) is 15.2 Å². The summed E-state index contributed by atoms with van der Waals surface area (Å²) in [5, 5.41) is 6.23. The maximum atomic E-state index is 12.4. The molecule has 0 radical (unpaired) electrons. The molecule has 2 heterocycles. The lowest BCUT2D eigenvalue weighted by Crippen LogP contribution is -2.41. The van der Waals surface area contributed by atoms with E-state index in [1.54, 1.807) is 19.4 Å². The summed E-state index contributed by atoms with van der Waals surface area (Å²) < 4.78 is 10.7. The van der Waals surface area contributed by atoms with Gasteiger partial charge in [0.25, 0.3) is 5.91 Å². The third kappa shape index (κ3) is 5.42. The van der Waals surface area contributed by atoms with Crippen LogP contribution in [-0.2, 0) is 4.74 Å². The minimum absolute atomic E-state index is 0.178. The summed E-state index contributed by atoms with van der Waals surface area (Å²) in [5.74, 6) is 0.567. The Labute approximate surface area is 159 Å². The SMILES string of the molecule is COc1ccc(C)cc1Nc1ccnc(C(=O)NCCN2CCOCC2)c1. The van der Waals surface area contributed by atoms with E-state index in [1.165, 1.54) is 0 Å². The van der Waals surface area contributed by atoms with Crippen LogP contribution < -0.4 is 15.4 Å². The molecular formula is C20H26N4O3. The molecule has 1 fully saturated rings. The van der Waals surface area contributed by atoms with Gasteiger partial charge in [0.05, 0.1) is 26.0 Å². The molecule has 0 aliphatic carbocycles. The number of carbonyl (C=O) groups excluding carboxylic acids is 1. The van der Waals surface area contributed by atoms with Gasteiger partial charge < -0.3 is 20.1 Å². The van der Waals surface area contributed by atoms with E-state index in [0.717, 1.165) is 55.5 Å². The Morgan fingerprint density at radius 1 is 1.26 bits per heavy atom. The van der Waals surface area contributed by atoms with Gasteiger partial charge >= 0.3 is 0 Å². The Morgan fingerprint density at radius 3 is 2.85 bits per heavy atom. The summed E-state index contributed by atoms with van der Waals surface area (Å²) in [6.45, 7) is 6.75. The molecule has 27 heavy (non-hydrogen) atoms. The van der Waals surface area contributed by atoms with Gasteiger partial charge in [-0.25, -0.2) is 0 Å². The molecule has 2 aromatic rings. The van der Waals surface area contributed by atoms with Crippen LogP contribution in [0.2, 0.25) is 0 Å². The summed E-state index contributed by atoms with van der Waals surface area (Å²) in [4.78, 5) is 18.9. The molecule has 0 saturated carbocycles. The first kappa shape index (κ1) is 19.1. The van der Waals surface area contributed by atoms with E-state index in [-0.39, 0.29) is 5.91 Å². The van der Waals surface area contributed by atoms with Gasteiger partial charge in [-0.3, -0.25) is 14.7 Å². The van der Waals surface area contributed by atoms with Gasteiger partial charge in [-0.15, -0.1) is 0 Å². The molecule has 1 aromatic heterocycles. The standard InChI is InChI=1S/C20H26N4O3/c1-15-3-4-19(26-2)17(13-15)23-16-5-6-21-18(14-16)20(25)22-7-8-24-9-11-27-12-10-24/h3-6,13-14H,7-12H2,1-2H3,(H,21,23)(H,22,25). The normalized spacial score (nSPS) is 14.6. The number of morpholine rings is 1. The number of aromatic nitrogens is 1. The molecule has 1 aliphatic heterocycles. The van der Waals surface area contributed by atoms with Crippen molar-refractivity contribution in [2.24, 2.45) is 0 Å². The lowest BCUT2D eigenvalue weighted by atomic mass is 10.2. The fourth-order valence-electron chi connectivity index (χ4n) is 2.95. The maximum absolute atomic E-state index is 12.4. The van der Waals surface area contributed by atoms with Crippen LogP contribution in [0.15, 0.2) is 36.5 Å². The molecule has 1 amide bonds. The smallest absolute Gasteiger partial charge is 0.269 e. The predicted octanol–water partition coefficient (Wildman–Crippen LogP) is 2.20. The number of nitrogens with zero attached hydrogens (tertiary/aromatic N) is 2.